The zero-order valence-electron chi connectivity index (χ0n) is 14.4. The summed E-state index contributed by atoms with van der Waals surface area (Å²) in [7, 11) is 0. The molecule has 1 saturated heterocycles. The van der Waals surface area contributed by atoms with Gasteiger partial charge in [-0.3, -0.25) is 14.7 Å². The fourth-order valence-corrected chi connectivity index (χ4v) is 3.03. The number of rotatable bonds is 5. The molecule has 3 rings (SSSR count). The van der Waals surface area contributed by atoms with Gasteiger partial charge in [0.25, 0.3) is 0 Å². The highest BCUT2D eigenvalue weighted by Crippen LogP contribution is 2.13. The third-order valence-electron chi connectivity index (χ3n) is 4.45. The van der Waals surface area contributed by atoms with E-state index in [1.54, 1.807) is 0 Å². The average molecular weight is 327 g/mol. The maximum Gasteiger partial charge on any atom is 0.222 e. The lowest BCUT2D eigenvalue weighted by Crippen LogP contribution is -2.47. The van der Waals surface area contributed by atoms with Crippen LogP contribution >= 0.6 is 0 Å². The third kappa shape index (κ3) is 4.30. The molecule has 0 unspecified atom stereocenters. The van der Waals surface area contributed by atoms with E-state index in [0.717, 1.165) is 29.6 Å². The molecule has 0 spiro atoms. The van der Waals surface area contributed by atoms with Crippen LogP contribution in [0, 0.1) is 0 Å². The molecule has 0 bridgehead atoms. The number of morpholine rings is 1. The third-order valence-corrected chi connectivity index (χ3v) is 4.45. The fourth-order valence-electron chi connectivity index (χ4n) is 3.03. The molecule has 1 aromatic heterocycles. The standard InChI is InChI=1S/C19H25N3O2/c1-14(2)22-7-8-24-17(13-22)10-19(23)21-12-15-9-16-5-3-4-6-18(16)20-11-15/h3-6,9,11,14,17H,7-8,10,12-13H2,1-2H3,(H,21,23)/t17-/m0/s1. The number of amides is 1. The van der Waals surface area contributed by atoms with E-state index in [4.69, 9.17) is 4.74 Å². The molecule has 1 amide bonds. The second kappa shape index (κ2) is 7.73. The largest absolute Gasteiger partial charge is 0.375 e. The van der Waals surface area contributed by atoms with Crippen LogP contribution in [0.3, 0.4) is 0 Å². The summed E-state index contributed by atoms with van der Waals surface area (Å²) in [6, 6.07) is 10.5. The van der Waals surface area contributed by atoms with Crippen molar-refractivity contribution in [2.45, 2.75) is 39.0 Å². The highest BCUT2D eigenvalue weighted by molar-refractivity contribution is 5.79. The number of carbonyl (C=O) groups is 1. The molecule has 5 nitrogen and oxygen atoms in total. The molecule has 1 aliphatic rings. The van der Waals surface area contributed by atoms with E-state index in [9.17, 15) is 4.79 Å². The summed E-state index contributed by atoms with van der Waals surface area (Å²) in [5, 5.41) is 4.07. The van der Waals surface area contributed by atoms with E-state index in [0.29, 0.717) is 25.6 Å². The minimum absolute atomic E-state index is 0.0177. The summed E-state index contributed by atoms with van der Waals surface area (Å²) in [4.78, 5) is 19.0. The van der Waals surface area contributed by atoms with Gasteiger partial charge in [-0.25, -0.2) is 0 Å². The molecule has 1 atom stereocenters. The molecular weight excluding hydrogens is 302 g/mol. The summed E-state index contributed by atoms with van der Waals surface area (Å²) >= 11 is 0. The van der Waals surface area contributed by atoms with Crippen LogP contribution < -0.4 is 5.32 Å². The maximum atomic E-state index is 12.2. The van der Waals surface area contributed by atoms with Crippen molar-refractivity contribution in [2.75, 3.05) is 19.7 Å². The van der Waals surface area contributed by atoms with E-state index in [1.807, 2.05) is 30.5 Å². The van der Waals surface area contributed by atoms with E-state index in [1.165, 1.54) is 0 Å². The van der Waals surface area contributed by atoms with Gasteiger partial charge in [-0.05, 0) is 31.5 Å². The molecule has 1 fully saturated rings. The first-order chi connectivity index (χ1) is 11.6. The molecule has 24 heavy (non-hydrogen) atoms. The summed E-state index contributed by atoms with van der Waals surface area (Å²) < 4.78 is 5.72. The average Bonchev–Trinajstić information content (AvgIpc) is 2.60. The van der Waals surface area contributed by atoms with Crippen LogP contribution in [0.1, 0.15) is 25.8 Å². The quantitative estimate of drug-likeness (QED) is 0.916. The number of nitrogens with zero attached hydrogens (tertiary/aromatic N) is 2. The zero-order chi connectivity index (χ0) is 16.9. The van der Waals surface area contributed by atoms with Gasteiger partial charge in [-0.15, -0.1) is 0 Å². The number of hydrogen-bond donors (Lipinski definition) is 1. The molecule has 2 heterocycles. The van der Waals surface area contributed by atoms with Crippen LogP contribution in [0.4, 0.5) is 0 Å². The highest BCUT2D eigenvalue weighted by Gasteiger charge is 2.24. The predicted molar refractivity (Wildman–Crippen MR) is 94.7 cm³/mol. The van der Waals surface area contributed by atoms with Gasteiger partial charge in [-0.1, -0.05) is 18.2 Å². The molecule has 5 heteroatoms. The van der Waals surface area contributed by atoms with E-state index >= 15 is 0 Å². The predicted octanol–water partition coefficient (Wildman–Crippen LogP) is 2.35. The van der Waals surface area contributed by atoms with Gasteiger partial charge in [0.15, 0.2) is 0 Å². The van der Waals surface area contributed by atoms with Gasteiger partial charge in [0.1, 0.15) is 0 Å². The number of carbonyl (C=O) groups excluding carboxylic acids is 1. The van der Waals surface area contributed by atoms with E-state index in [2.05, 4.69) is 35.1 Å². The van der Waals surface area contributed by atoms with Crippen molar-refractivity contribution in [1.82, 2.24) is 15.2 Å². The second-order valence-corrected chi connectivity index (χ2v) is 6.60. The Balaban J connectivity index is 1.51. The van der Waals surface area contributed by atoms with Crippen LogP contribution in [0.5, 0.6) is 0 Å². The van der Waals surface area contributed by atoms with E-state index < -0.39 is 0 Å². The SMILES string of the molecule is CC(C)N1CCO[C@@H](CC(=O)NCc2cnc3ccccc3c2)C1. The number of para-hydroxylation sites is 1. The van der Waals surface area contributed by atoms with Crippen molar-refractivity contribution in [3.05, 3.63) is 42.1 Å². The zero-order valence-corrected chi connectivity index (χ0v) is 14.4. The first-order valence-electron chi connectivity index (χ1n) is 8.58. The van der Waals surface area contributed by atoms with Gasteiger partial charge in [0, 0.05) is 37.3 Å². The van der Waals surface area contributed by atoms with Crippen molar-refractivity contribution < 1.29 is 9.53 Å². The Morgan fingerprint density at radius 3 is 3.08 bits per heavy atom. The second-order valence-electron chi connectivity index (χ2n) is 6.60. The highest BCUT2D eigenvalue weighted by atomic mass is 16.5. The lowest BCUT2D eigenvalue weighted by atomic mass is 10.1. The molecule has 1 aliphatic heterocycles. The fraction of sp³-hybridized carbons (Fsp3) is 0.474. The van der Waals surface area contributed by atoms with Crippen LogP contribution in [-0.2, 0) is 16.1 Å². The van der Waals surface area contributed by atoms with Crippen molar-refractivity contribution in [2.24, 2.45) is 0 Å². The van der Waals surface area contributed by atoms with Crippen LogP contribution in [-0.4, -0.2) is 47.6 Å². The van der Waals surface area contributed by atoms with Crippen molar-refractivity contribution in [3.63, 3.8) is 0 Å². The molecule has 1 N–H and O–H groups in total. The Morgan fingerprint density at radius 2 is 2.25 bits per heavy atom. The number of aromatic nitrogens is 1. The monoisotopic (exact) mass is 327 g/mol. The van der Waals surface area contributed by atoms with Crippen molar-refractivity contribution >= 4 is 16.8 Å². The van der Waals surface area contributed by atoms with E-state index in [-0.39, 0.29) is 12.0 Å². The summed E-state index contributed by atoms with van der Waals surface area (Å²) in [5.41, 5.74) is 1.98. The summed E-state index contributed by atoms with van der Waals surface area (Å²) in [5.74, 6) is 0.0266. The van der Waals surface area contributed by atoms with Crippen LogP contribution in [0.2, 0.25) is 0 Å². The number of fused-ring (bicyclic) bond motifs is 1. The number of nitrogens with one attached hydrogen (secondary N) is 1. The molecule has 2 aromatic rings. The smallest absolute Gasteiger partial charge is 0.222 e. The Hall–Kier alpha value is -1.98. The van der Waals surface area contributed by atoms with Crippen LogP contribution in [0.15, 0.2) is 36.5 Å². The minimum Gasteiger partial charge on any atom is -0.375 e. The number of ether oxygens (including phenoxy) is 1. The lowest BCUT2D eigenvalue weighted by Gasteiger charge is -2.35. The molecule has 0 saturated carbocycles. The van der Waals surface area contributed by atoms with Crippen molar-refractivity contribution in [1.29, 1.82) is 0 Å². The van der Waals surface area contributed by atoms with Gasteiger partial charge in [0.2, 0.25) is 5.91 Å². The topological polar surface area (TPSA) is 54.5 Å². The molecule has 0 radical (unpaired) electrons. The van der Waals surface area contributed by atoms with Gasteiger partial charge in [0.05, 0.1) is 24.6 Å². The Bertz CT molecular complexity index is 702. The van der Waals surface area contributed by atoms with Gasteiger partial charge < -0.3 is 10.1 Å². The van der Waals surface area contributed by atoms with Crippen LogP contribution in [0.25, 0.3) is 10.9 Å². The molecule has 128 valence electrons. The summed E-state index contributed by atoms with van der Waals surface area (Å²) in [6.45, 7) is 7.31. The Kier molecular flexibility index (Phi) is 5.43. The number of hydrogen-bond acceptors (Lipinski definition) is 4. The number of pyridine rings is 1. The normalized spacial score (nSPS) is 18.9. The molecule has 1 aromatic carbocycles. The van der Waals surface area contributed by atoms with Crippen molar-refractivity contribution in [3.8, 4) is 0 Å². The maximum absolute atomic E-state index is 12.2. The molecule has 0 aliphatic carbocycles. The molecular formula is C19H25N3O2. The Morgan fingerprint density at radius 1 is 1.42 bits per heavy atom. The summed E-state index contributed by atoms with van der Waals surface area (Å²) in [6.07, 6.45) is 2.21. The lowest BCUT2D eigenvalue weighted by molar-refractivity contribution is -0.126. The minimum atomic E-state index is -0.0177. The first kappa shape index (κ1) is 16.9. The van der Waals surface area contributed by atoms with Gasteiger partial charge >= 0.3 is 0 Å². The van der Waals surface area contributed by atoms with Gasteiger partial charge in [-0.2, -0.15) is 0 Å². The first-order valence-corrected chi connectivity index (χ1v) is 8.58. The number of benzene rings is 1. The Labute approximate surface area is 143 Å².